The van der Waals surface area contributed by atoms with Crippen molar-refractivity contribution in [3.63, 3.8) is 0 Å². The van der Waals surface area contributed by atoms with Gasteiger partial charge in [0.15, 0.2) is 0 Å². The maximum Gasteiger partial charge on any atom is 0.0652 e. The van der Waals surface area contributed by atoms with Gasteiger partial charge < -0.3 is 10.1 Å². The number of benzene rings is 1. The first kappa shape index (κ1) is 11.4. The Morgan fingerprint density at radius 2 is 1.73 bits per heavy atom. The van der Waals surface area contributed by atoms with Crippen LogP contribution in [0, 0.1) is 5.41 Å². The molecule has 0 fully saturated rings. The van der Waals surface area contributed by atoms with Crippen molar-refractivity contribution in [1.29, 1.82) is 5.41 Å². The second-order valence-electron chi connectivity index (χ2n) is 2.95. The smallest absolute Gasteiger partial charge is 0.0652 e. The number of ether oxygens (including phenoxy) is 1. The summed E-state index contributed by atoms with van der Waals surface area (Å²) < 4.78 is 4.83. The van der Waals surface area contributed by atoms with Crippen molar-refractivity contribution in [2.24, 2.45) is 0 Å². The predicted octanol–water partition coefficient (Wildman–Crippen LogP) is 2.92. The van der Waals surface area contributed by atoms with Crippen LogP contribution in [-0.2, 0) is 4.74 Å². The molecule has 1 aliphatic heterocycles. The van der Waals surface area contributed by atoms with Crippen molar-refractivity contribution in [3.05, 3.63) is 54.1 Å². The van der Waals surface area contributed by atoms with E-state index >= 15 is 0 Å². The Morgan fingerprint density at radius 3 is 2.20 bits per heavy atom. The highest BCUT2D eigenvalue weighted by Crippen LogP contribution is 1.99. The van der Waals surface area contributed by atoms with E-state index in [2.05, 4.69) is 0 Å². The van der Waals surface area contributed by atoms with E-state index in [1.165, 1.54) is 6.21 Å². The zero-order valence-corrected chi connectivity index (χ0v) is 8.60. The largest absolute Gasteiger partial charge is 0.373 e. The van der Waals surface area contributed by atoms with Crippen molar-refractivity contribution in [2.75, 3.05) is 13.2 Å². The summed E-state index contributed by atoms with van der Waals surface area (Å²) in [5.74, 6) is 0. The molecule has 0 radical (unpaired) electrons. The molecule has 0 aromatic heterocycles. The van der Waals surface area contributed by atoms with Gasteiger partial charge in [0.2, 0.25) is 0 Å². The third kappa shape index (κ3) is 5.60. The Hall–Kier alpha value is -1.67. The monoisotopic (exact) mass is 201 g/mol. The van der Waals surface area contributed by atoms with Crippen LogP contribution in [0.2, 0.25) is 0 Å². The third-order valence-electron chi connectivity index (χ3n) is 1.78. The Kier molecular flexibility index (Phi) is 5.86. The number of nitrogens with one attached hydrogen (secondary N) is 1. The minimum absolute atomic E-state index is 0.819. The van der Waals surface area contributed by atoms with Gasteiger partial charge in [-0.05, 0) is 11.6 Å². The van der Waals surface area contributed by atoms with Gasteiger partial charge in [0.25, 0.3) is 0 Å². The lowest BCUT2D eigenvalue weighted by atomic mass is 10.2. The zero-order valence-electron chi connectivity index (χ0n) is 8.60. The van der Waals surface area contributed by atoms with Gasteiger partial charge in [-0.1, -0.05) is 48.6 Å². The molecule has 0 spiro atoms. The van der Waals surface area contributed by atoms with Gasteiger partial charge >= 0.3 is 0 Å². The molecule has 0 unspecified atom stereocenters. The highest BCUT2D eigenvalue weighted by molar-refractivity contribution is 5.75. The van der Waals surface area contributed by atoms with Crippen LogP contribution < -0.4 is 0 Å². The SMILES string of the molecule is C1=CCOC1.N=C/C=C\c1ccccc1. The molecular weight excluding hydrogens is 186 g/mol. The summed E-state index contributed by atoms with van der Waals surface area (Å²) in [5, 5.41) is 6.74. The van der Waals surface area contributed by atoms with Gasteiger partial charge in [-0.25, -0.2) is 0 Å². The molecular formula is C13H15NO. The molecule has 1 N–H and O–H groups in total. The van der Waals surface area contributed by atoms with Gasteiger partial charge in [-0.3, -0.25) is 0 Å². The molecule has 0 bridgehead atoms. The van der Waals surface area contributed by atoms with Crippen molar-refractivity contribution in [1.82, 2.24) is 0 Å². The molecule has 0 saturated carbocycles. The molecule has 78 valence electrons. The third-order valence-corrected chi connectivity index (χ3v) is 1.78. The standard InChI is InChI=1S/C9H9N.C4H6O/c10-8-4-7-9-5-2-1-3-6-9;1-2-4-5-3-1/h1-8,10H;1-2H,3-4H2/b7-4-,10-8?;. The topological polar surface area (TPSA) is 33.1 Å². The summed E-state index contributed by atoms with van der Waals surface area (Å²) in [6.07, 6.45) is 8.90. The van der Waals surface area contributed by atoms with Crippen LogP contribution in [0.15, 0.2) is 48.6 Å². The summed E-state index contributed by atoms with van der Waals surface area (Å²) in [6.45, 7) is 1.64. The number of hydrogen-bond acceptors (Lipinski definition) is 2. The van der Waals surface area contributed by atoms with E-state index in [1.807, 2.05) is 48.6 Å². The van der Waals surface area contributed by atoms with E-state index < -0.39 is 0 Å². The molecule has 2 rings (SSSR count). The minimum Gasteiger partial charge on any atom is -0.373 e. The molecule has 15 heavy (non-hydrogen) atoms. The average Bonchev–Trinajstić information content (AvgIpc) is 2.86. The van der Waals surface area contributed by atoms with Crippen molar-refractivity contribution < 1.29 is 4.74 Å². The summed E-state index contributed by atoms with van der Waals surface area (Å²) in [4.78, 5) is 0. The molecule has 0 amide bonds. The van der Waals surface area contributed by atoms with E-state index in [0.717, 1.165) is 18.8 Å². The summed E-state index contributed by atoms with van der Waals surface area (Å²) >= 11 is 0. The van der Waals surface area contributed by atoms with Crippen LogP contribution in [0.4, 0.5) is 0 Å². The Labute approximate surface area is 90.4 Å². The Morgan fingerprint density at radius 1 is 1.07 bits per heavy atom. The maximum atomic E-state index is 6.74. The number of hydrogen-bond donors (Lipinski definition) is 1. The summed E-state index contributed by atoms with van der Waals surface area (Å²) in [7, 11) is 0. The lowest BCUT2D eigenvalue weighted by molar-refractivity contribution is 0.213. The van der Waals surface area contributed by atoms with Crippen LogP contribution in [0.1, 0.15) is 5.56 Å². The quantitative estimate of drug-likeness (QED) is 0.579. The zero-order chi connectivity index (χ0) is 10.8. The molecule has 0 saturated heterocycles. The molecule has 1 aromatic rings. The maximum absolute atomic E-state index is 6.74. The normalized spacial score (nSPS) is 13.6. The fourth-order valence-corrected chi connectivity index (χ4v) is 1.06. The molecule has 2 nitrogen and oxygen atoms in total. The van der Waals surface area contributed by atoms with Crippen molar-refractivity contribution >= 4 is 12.3 Å². The van der Waals surface area contributed by atoms with Gasteiger partial charge in [-0.15, -0.1) is 0 Å². The van der Waals surface area contributed by atoms with Gasteiger partial charge in [0, 0.05) is 6.21 Å². The van der Waals surface area contributed by atoms with Gasteiger partial charge in [0.05, 0.1) is 13.2 Å². The highest BCUT2D eigenvalue weighted by Gasteiger charge is 1.83. The molecule has 1 aromatic carbocycles. The van der Waals surface area contributed by atoms with E-state index in [1.54, 1.807) is 6.08 Å². The molecule has 1 aliphatic rings. The van der Waals surface area contributed by atoms with E-state index in [-0.39, 0.29) is 0 Å². The lowest BCUT2D eigenvalue weighted by Crippen LogP contribution is -1.76. The minimum atomic E-state index is 0.819. The second-order valence-corrected chi connectivity index (χ2v) is 2.95. The predicted molar refractivity (Wildman–Crippen MR) is 64.2 cm³/mol. The average molecular weight is 201 g/mol. The van der Waals surface area contributed by atoms with Crippen LogP contribution in [0.5, 0.6) is 0 Å². The highest BCUT2D eigenvalue weighted by atomic mass is 16.5. The van der Waals surface area contributed by atoms with E-state index in [4.69, 9.17) is 10.1 Å². The first-order valence-corrected chi connectivity index (χ1v) is 4.88. The first-order valence-electron chi connectivity index (χ1n) is 4.88. The van der Waals surface area contributed by atoms with Crippen LogP contribution in [0.25, 0.3) is 6.08 Å². The summed E-state index contributed by atoms with van der Waals surface area (Å²) in [6, 6.07) is 9.93. The molecule has 2 heteroatoms. The van der Waals surface area contributed by atoms with E-state index in [9.17, 15) is 0 Å². The van der Waals surface area contributed by atoms with Crippen molar-refractivity contribution in [3.8, 4) is 0 Å². The van der Waals surface area contributed by atoms with Gasteiger partial charge in [-0.2, -0.15) is 0 Å². The summed E-state index contributed by atoms with van der Waals surface area (Å²) in [5.41, 5.74) is 1.13. The Bertz CT molecular complexity index is 322. The lowest BCUT2D eigenvalue weighted by Gasteiger charge is -1.87. The van der Waals surface area contributed by atoms with Crippen LogP contribution in [-0.4, -0.2) is 19.4 Å². The van der Waals surface area contributed by atoms with Crippen LogP contribution in [0.3, 0.4) is 0 Å². The number of rotatable bonds is 2. The fraction of sp³-hybridized carbons (Fsp3) is 0.154. The number of allylic oxidation sites excluding steroid dienone is 1. The Balaban J connectivity index is 0.000000187. The second kappa shape index (κ2) is 7.71. The first-order chi connectivity index (χ1) is 7.43. The van der Waals surface area contributed by atoms with Crippen LogP contribution >= 0.6 is 0 Å². The molecule has 1 heterocycles. The van der Waals surface area contributed by atoms with Gasteiger partial charge in [0.1, 0.15) is 0 Å². The van der Waals surface area contributed by atoms with E-state index in [0.29, 0.717) is 0 Å². The fourth-order valence-electron chi connectivity index (χ4n) is 1.06. The molecule has 0 atom stereocenters. The van der Waals surface area contributed by atoms with Crippen molar-refractivity contribution in [2.45, 2.75) is 0 Å². The molecule has 0 aliphatic carbocycles.